The van der Waals surface area contributed by atoms with Crippen LogP contribution in [0, 0.1) is 6.92 Å². The molecule has 0 amide bonds. The topological polar surface area (TPSA) is 101 Å². The molecule has 1 aromatic carbocycles. The normalized spacial score (nSPS) is 26.4. The van der Waals surface area contributed by atoms with Gasteiger partial charge in [-0.1, -0.05) is 17.7 Å². The van der Waals surface area contributed by atoms with E-state index in [1.54, 1.807) is 12.1 Å². The highest BCUT2D eigenvalue weighted by Gasteiger charge is 2.38. The molecule has 1 aliphatic rings. The van der Waals surface area contributed by atoms with Crippen LogP contribution in [0.5, 0.6) is 0 Å². The van der Waals surface area contributed by atoms with Crippen LogP contribution in [-0.2, 0) is 19.9 Å². The van der Waals surface area contributed by atoms with Crippen LogP contribution in [-0.4, -0.2) is 45.6 Å². The van der Waals surface area contributed by atoms with Gasteiger partial charge in [-0.3, -0.25) is 0 Å². The highest BCUT2D eigenvalue weighted by Crippen LogP contribution is 2.16. The fourth-order valence-electron chi connectivity index (χ4n) is 1.93. The van der Waals surface area contributed by atoms with Crippen LogP contribution in [0.25, 0.3) is 0 Å². The Morgan fingerprint density at radius 3 is 2.26 bits per heavy atom. The van der Waals surface area contributed by atoms with E-state index in [1.807, 2.05) is 6.92 Å². The third kappa shape index (κ3) is 3.33. The van der Waals surface area contributed by atoms with Crippen molar-refractivity contribution in [1.29, 1.82) is 0 Å². The second kappa shape index (κ2) is 4.86. The van der Waals surface area contributed by atoms with Crippen molar-refractivity contribution in [3.63, 3.8) is 0 Å². The van der Waals surface area contributed by atoms with Gasteiger partial charge in [0.25, 0.3) is 0 Å². The molecular weight excluding hydrogens is 290 g/mol. The Labute approximate surface area is 112 Å². The molecule has 1 aliphatic heterocycles. The van der Waals surface area contributed by atoms with Gasteiger partial charge < -0.3 is 5.11 Å². The fraction of sp³-hybridized carbons (Fsp3) is 0.455. The van der Waals surface area contributed by atoms with Crippen LogP contribution >= 0.6 is 0 Å². The lowest BCUT2D eigenvalue weighted by Crippen LogP contribution is -2.42. The molecule has 0 aromatic heterocycles. The van der Waals surface area contributed by atoms with E-state index in [4.69, 9.17) is 0 Å². The van der Waals surface area contributed by atoms with Gasteiger partial charge in [-0.05, 0) is 19.1 Å². The summed E-state index contributed by atoms with van der Waals surface area (Å²) in [5.41, 5.74) is 0.919. The van der Waals surface area contributed by atoms with Crippen LogP contribution < -0.4 is 4.72 Å². The van der Waals surface area contributed by atoms with Gasteiger partial charge >= 0.3 is 0 Å². The van der Waals surface area contributed by atoms with Crippen LogP contribution in [0.3, 0.4) is 0 Å². The average Bonchev–Trinajstić information content (AvgIpc) is 2.51. The summed E-state index contributed by atoms with van der Waals surface area (Å²) in [6.45, 7) is 1.83. The zero-order valence-corrected chi connectivity index (χ0v) is 11.9. The van der Waals surface area contributed by atoms with Crippen LogP contribution in [0.2, 0.25) is 0 Å². The molecule has 2 N–H and O–H groups in total. The third-order valence-corrected chi connectivity index (χ3v) is 6.18. The fourth-order valence-corrected chi connectivity index (χ4v) is 5.04. The number of sulfone groups is 1. The van der Waals surface area contributed by atoms with E-state index in [9.17, 15) is 21.9 Å². The van der Waals surface area contributed by atoms with E-state index >= 15 is 0 Å². The summed E-state index contributed by atoms with van der Waals surface area (Å²) >= 11 is 0. The number of hydrogen-bond acceptors (Lipinski definition) is 5. The Balaban J connectivity index is 2.21. The smallest absolute Gasteiger partial charge is 0.240 e. The zero-order valence-electron chi connectivity index (χ0n) is 10.3. The Hall–Kier alpha value is -0.960. The summed E-state index contributed by atoms with van der Waals surface area (Å²) in [6.07, 6.45) is -1.20. The third-order valence-electron chi connectivity index (χ3n) is 2.96. The van der Waals surface area contributed by atoms with Crippen molar-refractivity contribution in [2.45, 2.75) is 24.0 Å². The number of aliphatic hydroxyl groups is 1. The predicted octanol–water partition coefficient (Wildman–Crippen LogP) is -0.569. The second-order valence-corrected chi connectivity index (χ2v) is 8.55. The predicted molar refractivity (Wildman–Crippen MR) is 69.9 cm³/mol. The van der Waals surface area contributed by atoms with E-state index < -0.39 is 37.8 Å². The van der Waals surface area contributed by atoms with Crippen molar-refractivity contribution in [2.75, 3.05) is 11.5 Å². The van der Waals surface area contributed by atoms with Crippen LogP contribution in [0.1, 0.15) is 5.56 Å². The Morgan fingerprint density at radius 2 is 1.79 bits per heavy atom. The SMILES string of the molecule is Cc1ccc(S(=O)(=O)NC2CS(=O)(=O)CC2O)cc1. The summed E-state index contributed by atoms with van der Waals surface area (Å²) in [5.74, 6) is -0.784. The molecule has 2 unspecified atom stereocenters. The van der Waals surface area contributed by atoms with Gasteiger partial charge in [0.2, 0.25) is 10.0 Å². The number of sulfonamides is 1. The first-order chi connectivity index (χ1) is 8.70. The van der Waals surface area contributed by atoms with Crippen LogP contribution in [0.4, 0.5) is 0 Å². The van der Waals surface area contributed by atoms with E-state index in [0.717, 1.165) is 5.56 Å². The maximum Gasteiger partial charge on any atom is 0.240 e. The molecule has 0 bridgehead atoms. The second-order valence-electron chi connectivity index (χ2n) is 4.69. The molecule has 2 rings (SSSR count). The van der Waals surface area contributed by atoms with Crippen molar-refractivity contribution in [1.82, 2.24) is 4.72 Å². The molecule has 2 atom stereocenters. The maximum atomic E-state index is 12.0. The maximum absolute atomic E-state index is 12.0. The lowest BCUT2D eigenvalue weighted by molar-refractivity contribution is 0.176. The number of benzene rings is 1. The largest absolute Gasteiger partial charge is 0.390 e. The summed E-state index contributed by atoms with van der Waals surface area (Å²) in [7, 11) is -7.20. The van der Waals surface area contributed by atoms with Gasteiger partial charge in [-0.2, -0.15) is 0 Å². The molecule has 1 saturated heterocycles. The molecule has 19 heavy (non-hydrogen) atoms. The number of rotatable bonds is 3. The van der Waals surface area contributed by atoms with Crippen molar-refractivity contribution in [3.8, 4) is 0 Å². The number of nitrogens with one attached hydrogen (secondary N) is 1. The van der Waals surface area contributed by atoms with E-state index in [0.29, 0.717) is 0 Å². The van der Waals surface area contributed by atoms with Crippen molar-refractivity contribution in [2.24, 2.45) is 0 Å². The van der Waals surface area contributed by atoms with Crippen molar-refractivity contribution >= 4 is 19.9 Å². The van der Waals surface area contributed by atoms with Crippen molar-refractivity contribution in [3.05, 3.63) is 29.8 Å². The molecule has 0 spiro atoms. The minimum absolute atomic E-state index is 0.0506. The molecule has 1 fully saturated rings. The van der Waals surface area contributed by atoms with E-state index in [1.165, 1.54) is 12.1 Å². The molecule has 1 aromatic rings. The summed E-state index contributed by atoms with van der Waals surface area (Å²) < 4.78 is 49.0. The first kappa shape index (κ1) is 14.4. The van der Waals surface area contributed by atoms with Gasteiger partial charge in [0, 0.05) is 0 Å². The van der Waals surface area contributed by atoms with Crippen LogP contribution in [0.15, 0.2) is 29.2 Å². The highest BCUT2D eigenvalue weighted by atomic mass is 32.2. The van der Waals surface area contributed by atoms with E-state index in [-0.39, 0.29) is 10.6 Å². The molecule has 1 heterocycles. The first-order valence-corrected chi connectivity index (χ1v) is 8.97. The van der Waals surface area contributed by atoms with Gasteiger partial charge in [0.1, 0.15) is 0 Å². The Kier molecular flexibility index (Phi) is 3.69. The molecule has 0 aliphatic carbocycles. The van der Waals surface area contributed by atoms with E-state index in [2.05, 4.69) is 4.72 Å². The summed E-state index contributed by atoms with van der Waals surface area (Å²) in [4.78, 5) is 0.0506. The summed E-state index contributed by atoms with van der Waals surface area (Å²) in [6, 6.07) is 5.18. The minimum Gasteiger partial charge on any atom is -0.390 e. The van der Waals surface area contributed by atoms with Gasteiger partial charge in [-0.25, -0.2) is 21.6 Å². The Bertz CT molecular complexity index is 664. The lowest BCUT2D eigenvalue weighted by atomic mass is 10.2. The Morgan fingerprint density at radius 1 is 1.21 bits per heavy atom. The first-order valence-electron chi connectivity index (χ1n) is 5.67. The standard InChI is InChI=1S/C11H15NO5S2/c1-8-2-4-9(5-3-8)19(16,17)12-10-6-18(14,15)7-11(10)13/h2-5,10-13H,6-7H2,1H3. The van der Waals surface area contributed by atoms with Gasteiger partial charge in [0.15, 0.2) is 9.84 Å². The number of aryl methyl sites for hydroxylation is 1. The molecule has 0 saturated carbocycles. The number of hydrogen-bond donors (Lipinski definition) is 2. The molecule has 6 nitrogen and oxygen atoms in total. The number of aliphatic hydroxyl groups excluding tert-OH is 1. The summed E-state index contributed by atoms with van der Waals surface area (Å²) in [5, 5.41) is 9.57. The van der Waals surface area contributed by atoms with Crippen molar-refractivity contribution < 1.29 is 21.9 Å². The minimum atomic E-state index is -3.82. The average molecular weight is 305 g/mol. The molecule has 106 valence electrons. The zero-order chi connectivity index (χ0) is 14.3. The van der Waals surface area contributed by atoms with Gasteiger partial charge in [-0.15, -0.1) is 0 Å². The van der Waals surface area contributed by atoms with Gasteiger partial charge in [0.05, 0.1) is 28.5 Å². The molecular formula is C11H15NO5S2. The molecule has 0 radical (unpaired) electrons. The monoisotopic (exact) mass is 305 g/mol. The molecule has 8 heteroatoms. The quantitative estimate of drug-likeness (QED) is 0.779. The lowest BCUT2D eigenvalue weighted by Gasteiger charge is -2.15. The highest BCUT2D eigenvalue weighted by molar-refractivity contribution is 7.92.